The first kappa shape index (κ1) is 38.9. The van der Waals surface area contributed by atoms with Crippen LogP contribution >= 0.6 is 21.6 Å². The summed E-state index contributed by atoms with van der Waals surface area (Å²) >= 11 is 0. The average molecular weight is 720 g/mol. The van der Waals surface area contributed by atoms with E-state index >= 15 is 0 Å². The molecule has 266 valence electrons. The maximum atomic E-state index is 13.5. The molecule has 2 bridgehead atoms. The third-order valence-corrected chi connectivity index (χ3v) is 9.62. The summed E-state index contributed by atoms with van der Waals surface area (Å²) in [6.07, 6.45) is -0.422. The van der Waals surface area contributed by atoms with Gasteiger partial charge in [0.05, 0.1) is 19.0 Å². The van der Waals surface area contributed by atoms with Gasteiger partial charge in [0.1, 0.15) is 18.3 Å². The van der Waals surface area contributed by atoms with Crippen LogP contribution in [0, 0.1) is 0 Å². The number of rotatable bonds is 8. The van der Waals surface area contributed by atoms with Gasteiger partial charge in [-0.1, -0.05) is 45.9 Å². The summed E-state index contributed by atoms with van der Waals surface area (Å²) in [6, 6.07) is 6.21. The predicted octanol–water partition coefficient (Wildman–Crippen LogP) is -1.06. The largest absolute Gasteiger partial charge is 0.481 e. The number of carboxylic acid groups (broad SMARTS) is 1. The van der Waals surface area contributed by atoms with Crippen molar-refractivity contribution in [3.63, 3.8) is 0 Å². The summed E-state index contributed by atoms with van der Waals surface area (Å²) < 4.78 is 0. The van der Waals surface area contributed by atoms with Gasteiger partial charge in [0, 0.05) is 29.3 Å². The summed E-state index contributed by atoms with van der Waals surface area (Å²) in [5.41, 5.74) is 16.5. The quantitative estimate of drug-likeness (QED) is 0.0675. The van der Waals surface area contributed by atoms with Gasteiger partial charge < -0.3 is 48.7 Å². The Hall–Kier alpha value is -4.59. The lowest BCUT2D eigenvalue weighted by Gasteiger charge is -2.23. The maximum Gasteiger partial charge on any atom is 0.305 e. The Morgan fingerprint density at radius 2 is 1.71 bits per heavy atom. The molecule has 4 atom stereocenters. The van der Waals surface area contributed by atoms with Crippen molar-refractivity contribution in [2.45, 2.75) is 56.5 Å². The Kier molecular flexibility index (Phi) is 15.4. The lowest BCUT2D eigenvalue weighted by molar-refractivity contribution is -0.140. The number of nitrogens with one attached hydrogen (secondary N) is 5. The van der Waals surface area contributed by atoms with Gasteiger partial charge in [0.25, 0.3) is 5.91 Å². The van der Waals surface area contributed by atoms with Crippen LogP contribution in [0.25, 0.3) is 10.8 Å². The third-order valence-electron chi connectivity index (χ3n) is 7.17. The van der Waals surface area contributed by atoms with E-state index in [9.17, 15) is 39.0 Å². The minimum Gasteiger partial charge on any atom is -0.481 e. The zero-order chi connectivity index (χ0) is 35.9. The van der Waals surface area contributed by atoms with Crippen LogP contribution in [0.15, 0.2) is 41.4 Å². The number of fused-ring (bicyclic) bond motifs is 4. The van der Waals surface area contributed by atoms with Crippen LogP contribution in [-0.2, 0) is 24.0 Å². The maximum absolute atomic E-state index is 13.5. The SMILES string of the molecule is NC(=O)C1CSSCCC(O)NC(CCCCN=C(N)N)C(=O)NCC(=O)NC(CC(=O)O)C(=O)Nc2cc(c3ccccc3c2)C(=O)N1. The minimum absolute atomic E-state index is 0.0668. The Bertz CT molecular complexity index is 1560. The highest BCUT2D eigenvalue weighted by Gasteiger charge is 2.27. The number of nitrogens with two attached hydrogens (primary N) is 3. The highest BCUT2D eigenvalue weighted by molar-refractivity contribution is 8.76. The Morgan fingerprint density at radius 3 is 2.43 bits per heavy atom. The number of primary amides is 1. The highest BCUT2D eigenvalue weighted by Crippen LogP contribution is 2.26. The zero-order valence-corrected chi connectivity index (χ0v) is 28.1. The van der Waals surface area contributed by atoms with Gasteiger partial charge in [-0.3, -0.25) is 39.1 Å². The molecule has 0 radical (unpaired) electrons. The molecule has 5 amide bonds. The number of carboxylic acids is 1. The van der Waals surface area contributed by atoms with Crippen molar-refractivity contribution in [3.8, 4) is 0 Å². The number of hydrogen-bond donors (Lipinski definition) is 10. The number of aliphatic hydroxyl groups is 1. The van der Waals surface area contributed by atoms with Crippen molar-refractivity contribution in [2.75, 3.05) is 29.9 Å². The molecular weight excluding hydrogens is 679 g/mol. The number of guanidine groups is 1. The molecule has 0 fully saturated rings. The normalized spacial score (nSPS) is 21.9. The van der Waals surface area contributed by atoms with Gasteiger partial charge in [0.2, 0.25) is 23.6 Å². The molecule has 0 saturated carbocycles. The highest BCUT2D eigenvalue weighted by atomic mass is 33.1. The molecular formula is C30H41N9O8S2. The van der Waals surface area contributed by atoms with E-state index in [1.165, 1.54) is 27.7 Å². The molecule has 0 aromatic heterocycles. The monoisotopic (exact) mass is 719 g/mol. The molecule has 2 aromatic rings. The first-order valence-electron chi connectivity index (χ1n) is 15.3. The van der Waals surface area contributed by atoms with Gasteiger partial charge in [0.15, 0.2) is 5.96 Å². The Morgan fingerprint density at radius 1 is 0.959 bits per heavy atom. The van der Waals surface area contributed by atoms with E-state index in [-0.39, 0.29) is 35.8 Å². The number of amides is 5. The van der Waals surface area contributed by atoms with Crippen LogP contribution < -0.4 is 43.8 Å². The number of hydrogen-bond acceptors (Lipinski definition) is 11. The molecule has 1 aliphatic heterocycles. The van der Waals surface area contributed by atoms with E-state index in [4.69, 9.17) is 17.2 Å². The van der Waals surface area contributed by atoms with Crippen molar-refractivity contribution >= 4 is 79.5 Å². The molecule has 4 unspecified atom stereocenters. The fourth-order valence-electron chi connectivity index (χ4n) is 4.76. The number of aliphatic carboxylic acids is 1. The molecule has 0 aliphatic carbocycles. The van der Waals surface area contributed by atoms with Crippen molar-refractivity contribution in [1.82, 2.24) is 21.3 Å². The lowest BCUT2D eigenvalue weighted by atomic mass is 10.0. The van der Waals surface area contributed by atoms with Crippen molar-refractivity contribution in [3.05, 3.63) is 42.0 Å². The van der Waals surface area contributed by atoms with Crippen LogP contribution in [0.4, 0.5) is 5.69 Å². The zero-order valence-electron chi connectivity index (χ0n) is 26.5. The number of benzene rings is 2. The molecule has 1 aliphatic rings. The molecule has 49 heavy (non-hydrogen) atoms. The van der Waals surface area contributed by atoms with E-state index in [1.807, 2.05) is 0 Å². The fourth-order valence-corrected chi connectivity index (χ4v) is 7.02. The standard InChI is InChI=1S/C30H41N9O8S2/c31-26(44)22-15-49-48-10-8-23(40)37-20(7-3-4-9-34-30(32)33)28(46)35-14-24(41)38-21(13-25(42)43)29(47)36-17-11-16-5-1-2-6-18(16)19(12-17)27(45)39-22/h1-2,5-6,11-12,20-23,37,40H,3-4,7-10,13-15H2,(H2,31,44)(H,35,46)(H,36,47)(H,38,41)(H,39,45)(H,42,43)(H4,32,33,34). The van der Waals surface area contributed by atoms with E-state index in [1.54, 1.807) is 30.3 Å². The number of aliphatic imine (C=N–C) groups is 1. The summed E-state index contributed by atoms with van der Waals surface area (Å²) in [5.74, 6) is -4.68. The number of unbranched alkanes of at least 4 members (excludes halogenated alkanes) is 1. The second-order valence-corrected chi connectivity index (χ2v) is 13.7. The van der Waals surface area contributed by atoms with Crippen LogP contribution in [0.1, 0.15) is 42.5 Å². The first-order valence-corrected chi connectivity index (χ1v) is 17.8. The van der Waals surface area contributed by atoms with E-state index in [0.29, 0.717) is 35.9 Å². The minimum atomic E-state index is -1.55. The van der Waals surface area contributed by atoms with Crippen LogP contribution in [0.3, 0.4) is 0 Å². The first-order chi connectivity index (χ1) is 23.3. The smallest absolute Gasteiger partial charge is 0.305 e. The summed E-state index contributed by atoms with van der Waals surface area (Å²) in [7, 11) is 2.58. The number of carbonyl (C=O) groups is 6. The summed E-state index contributed by atoms with van der Waals surface area (Å²) in [4.78, 5) is 80.4. The van der Waals surface area contributed by atoms with E-state index in [2.05, 4.69) is 31.6 Å². The fraction of sp³-hybridized carbons (Fsp3) is 0.433. The number of aliphatic hydroxyl groups excluding tert-OH is 1. The molecule has 1 heterocycles. The van der Waals surface area contributed by atoms with Crippen molar-refractivity contribution in [2.24, 2.45) is 22.2 Å². The molecule has 2 aromatic carbocycles. The van der Waals surface area contributed by atoms with Gasteiger partial charge >= 0.3 is 5.97 Å². The summed E-state index contributed by atoms with van der Waals surface area (Å²) in [5, 5.41) is 34.0. The van der Waals surface area contributed by atoms with Crippen LogP contribution in [-0.4, -0.2) is 101 Å². The Balaban J connectivity index is 1.88. The predicted molar refractivity (Wildman–Crippen MR) is 187 cm³/mol. The van der Waals surface area contributed by atoms with Crippen LogP contribution in [0.2, 0.25) is 0 Å². The number of anilines is 1. The molecule has 0 saturated heterocycles. The van der Waals surface area contributed by atoms with Gasteiger partial charge in [-0.15, -0.1) is 0 Å². The molecule has 19 heteroatoms. The third kappa shape index (κ3) is 13.1. The number of carbonyl (C=O) groups excluding carboxylic acids is 5. The van der Waals surface area contributed by atoms with E-state index < -0.39 is 72.8 Å². The Labute approximate surface area is 289 Å². The second-order valence-electron chi connectivity index (χ2n) is 11.0. The van der Waals surface area contributed by atoms with Crippen molar-refractivity contribution in [1.29, 1.82) is 0 Å². The van der Waals surface area contributed by atoms with E-state index in [0.717, 1.165) is 0 Å². The van der Waals surface area contributed by atoms with Gasteiger partial charge in [-0.05, 0) is 48.6 Å². The second kappa shape index (κ2) is 19.4. The average Bonchev–Trinajstić information content (AvgIpc) is 3.04. The molecule has 3 rings (SSSR count). The van der Waals surface area contributed by atoms with Gasteiger partial charge in [-0.25, -0.2) is 0 Å². The molecule has 13 N–H and O–H groups in total. The topological polar surface area (TPSA) is 293 Å². The van der Waals surface area contributed by atoms with Crippen molar-refractivity contribution < 1.29 is 39.0 Å². The lowest BCUT2D eigenvalue weighted by Crippen LogP contribution is -2.52. The van der Waals surface area contributed by atoms with Gasteiger partial charge in [-0.2, -0.15) is 0 Å². The van der Waals surface area contributed by atoms with Crippen LogP contribution in [0.5, 0.6) is 0 Å². The molecule has 17 nitrogen and oxygen atoms in total. The summed E-state index contributed by atoms with van der Waals surface area (Å²) in [6.45, 7) is -0.256. The number of nitrogens with zero attached hydrogens (tertiary/aromatic N) is 1. The molecule has 0 spiro atoms.